The molecular weight excluding hydrogens is 440 g/mol. The number of benzene rings is 1. The van der Waals surface area contributed by atoms with Crippen LogP contribution >= 0.6 is 0 Å². The van der Waals surface area contributed by atoms with Crippen molar-refractivity contribution in [2.45, 2.75) is 65.1 Å². The Morgan fingerprint density at radius 2 is 1.91 bits per heavy atom. The Morgan fingerprint density at radius 3 is 2.69 bits per heavy atom. The fourth-order valence-electron chi connectivity index (χ4n) is 5.25. The quantitative estimate of drug-likeness (QED) is 0.614. The second-order valence-electron chi connectivity index (χ2n) is 9.98. The van der Waals surface area contributed by atoms with Crippen LogP contribution < -0.4 is 15.5 Å². The molecule has 1 aromatic carbocycles. The fourth-order valence-corrected chi connectivity index (χ4v) is 5.25. The first kappa shape index (κ1) is 25.1. The molecule has 1 fully saturated rings. The first-order chi connectivity index (χ1) is 16.9. The van der Waals surface area contributed by atoms with Gasteiger partial charge in [0.25, 0.3) is 5.91 Å². The van der Waals surface area contributed by atoms with Gasteiger partial charge in [0.1, 0.15) is 0 Å². The number of aromatic nitrogens is 1. The minimum absolute atomic E-state index is 0.249. The lowest BCUT2D eigenvalue weighted by atomic mass is 10.0. The highest BCUT2D eigenvalue weighted by atomic mass is 16.2. The number of likely N-dealkylation sites (tertiary alicyclic amines) is 1. The van der Waals surface area contributed by atoms with Crippen molar-refractivity contribution in [3.05, 3.63) is 48.2 Å². The summed E-state index contributed by atoms with van der Waals surface area (Å²) in [6, 6.07) is 11.9. The number of para-hydroxylation sites is 1. The molecule has 4 rings (SSSR count). The van der Waals surface area contributed by atoms with Crippen LogP contribution in [-0.2, 0) is 0 Å². The Balaban J connectivity index is 1.47. The second-order valence-corrected chi connectivity index (χ2v) is 9.98. The minimum Gasteiger partial charge on any atom is -0.336 e. The van der Waals surface area contributed by atoms with Crippen LogP contribution in [0.3, 0.4) is 0 Å². The molecule has 1 unspecified atom stereocenters. The number of urea groups is 1. The number of fused-ring (bicyclic) bond motifs is 2. The van der Waals surface area contributed by atoms with Crippen molar-refractivity contribution in [3.8, 4) is 0 Å². The smallest absolute Gasteiger partial charge is 0.327 e. The standard InChI is InChI=1S/C27H38N6O2/c1-19(2)32(20(3)4)18-21-10-7-8-16-31(21)17-15-29-27(35)33-24-13-6-5-11-22(24)26(34)30-23-12-9-14-28-25(23)33/h5-6,9,11-14,19-21H,7-8,10,15-18H2,1-4H3,(H,29,35)(H,30,34). The van der Waals surface area contributed by atoms with E-state index in [0.29, 0.717) is 47.4 Å². The van der Waals surface area contributed by atoms with E-state index in [0.717, 1.165) is 19.6 Å². The van der Waals surface area contributed by atoms with Gasteiger partial charge in [0.05, 0.1) is 16.9 Å². The molecule has 2 N–H and O–H groups in total. The Hall–Kier alpha value is -2.97. The number of anilines is 3. The average molecular weight is 479 g/mol. The van der Waals surface area contributed by atoms with E-state index in [2.05, 4.69) is 53.1 Å². The van der Waals surface area contributed by atoms with Gasteiger partial charge in [-0.05, 0) is 71.3 Å². The maximum Gasteiger partial charge on any atom is 0.327 e. The Kier molecular flexibility index (Phi) is 8.03. The summed E-state index contributed by atoms with van der Waals surface area (Å²) in [5.41, 5.74) is 1.49. The zero-order valence-electron chi connectivity index (χ0n) is 21.3. The second kappa shape index (κ2) is 11.2. The highest BCUT2D eigenvalue weighted by Crippen LogP contribution is 2.36. The summed E-state index contributed by atoms with van der Waals surface area (Å²) in [4.78, 5) is 37.3. The van der Waals surface area contributed by atoms with Gasteiger partial charge in [-0.15, -0.1) is 0 Å². The predicted octanol–water partition coefficient (Wildman–Crippen LogP) is 4.47. The van der Waals surface area contributed by atoms with Crippen LogP contribution in [0.15, 0.2) is 42.6 Å². The number of carbonyl (C=O) groups is 2. The summed E-state index contributed by atoms with van der Waals surface area (Å²) in [6.45, 7) is 12.5. The van der Waals surface area contributed by atoms with Crippen molar-refractivity contribution in [2.24, 2.45) is 0 Å². The zero-order valence-corrected chi connectivity index (χ0v) is 21.3. The number of hydrogen-bond acceptors (Lipinski definition) is 5. The molecule has 0 saturated carbocycles. The van der Waals surface area contributed by atoms with E-state index in [4.69, 9.17) is 0 Å². The minimum atomic E-state index is -0.284. The molecule has 8 nitrogen and oxygen atoms in total. The van der Waals surface area contributed by atoms with Gasteiger partial charge in [0.2, 0.25) is 0 Å². The lowest BCUT2D eigenvalue weighted by molar-refractivity contribution is 0.0756. The largest absolute Gasteiger partial charge is 0.336 e. The van der Waals surface area contributed by atoms with Crippen molar-refractivity contribution >= 4 is 29.1 Å². The van der Waals surface area contributed by atoms with Gasteiger partial charge in [0, 0.05) is 44.0 Å². The van der Waals surface area contributed by atoms with Crippen molar-refractivity contribution in [1.29, 1.82) is 0 Å². The third kappa shape index (κ3) is 5.65. The van der Waals surface area contributed by atoms with Crippen LogP contribution in [0.4, 0.5) is 22.0 Å². The summed E-state index contributed by atoms with van der Waals surface area (Å²) in [6.07, 6.45) is 5.27. The van der Waals surface area contributed by atoms with Crippen molar-refractivity contribution in [1.82, 2.24) is 20.1 Å². The van der Waals surface area contributed by atoms with E-state index in [1.54, 1.807) is 36.5 Å². The van der Waals surface area contributed by atoms with E-state index >= 15 is 0 Å². The monoisotopic (exact) mass is 478 g/mol. The molecule has 0 radical (unpaired) electrons. The van der Waals surface area contributed by atoms with Gasteiger partial charge in [-0.3, -0.25) is 14.6 Å². The van der Waals surface area contributed by atoms with Gasteiger partial charge < -0.3 is 10.6 Å². The Morgan fingerprint density at radius 1 is 1.14 bits per heavy atom. The van der Waals surface area contributed by atoms with E-state index < -0.39 is 0 Å². The summed E-state index contributed by atoms with van der Waals surface area (Å²) >= 11 is 0. The number of amides is 3. The van der Waals surface area contributed by atoms with Crippen molar-refractivity contribution in [3.63, 3.8) is 0 Å². The third-order valence-electron chi connectivity index (χ3n) is 7.01. The lowest BCUT2D eigenvalue weighted by Gasteiger charge is -2.41. The van der Waals surface area contributed by atoms with Crippen LogP contribution in [-0.4, -0.2) is 71.0 Å². The van der Waals surface area contributed by atoms with Gasteiger partial charge in [-0.1, -0.05) is 18.6 Å². The molecule has 3 heterocycles. The van der Waals surface area contributed by atoms with E-state index in [9.17, 15) is 9.59 Å². The van der Waals surface area contributed by atoms with Crippen molar-refractivity contribution in [2.75, 3.05) is 36.4 Å². The molecular formula is C27H38N6O2. The van der Waals surface area contributed by atoms with Crippen LogP contribution in [0.2, 0.25) is 0 Å². The number of pyridine rings is 1. The molecule has 8 heteroatoms. The number of rotatable bonds is 7. The van der Waals surface area contributed by atoms with Crippen LogP contribution in [0.5, 0.6) is 0 Å². The topological polar surface area (TPSA) is 80.8 Å². The molecule has 1 aromatic heterocycles. The Bertz CT molecular complexity index is 1030. The average Bonchev–Trinajstić information content (AvgIpc) is 2.96. The third-order valence-corrected chi connectivity index (χ3v) is 7.01. The molecule has 3 amide bonds. The van der Waals surface area contributed by atoms with Gasteiger partial charge in [-0.25, -0.2) is 14.7 Å². The number of nitrogens with one attached hydrogen (secondary N) is 2. The lowest BCUT2D eigenvalue weighted by Crippen LogP contribution is -2.52. The molecule has 2 aliphatic heterocycles. The SMILES string of the molecule is CC(C)N(CC1CCCCN1CCNC(=O)N1c2ccccc2C(=O)Nc2cccnc21)C(C)C. The summed E-state index contributed by atoms with van der Waals surface area (Å²) in [5.74, 6) is 0.171. The molecule has 0 spiro atoms. The van der Waals surface area contributed by atoms with Gasteiger partial charge in [0.15, 0.2) is 5.82 Å². The molecule has 188 valence electrons. The predicted molar refractivity (Wildman–Crippen MR) is 140 cm³/mol. The van der Waals surface area contributed by atoms with Crippen LogP contribution in [0, 0.1) is 0 Å². The summed E-state index contributed by atoms with van der Waals surface area (Å²) in [5, 5.41) is 5.97. The van der Waals surface area contributed by atoms with Gasteiger partial charge in [-0.2, -0.15) is 0 Å². The maximum absolute atomic E-state index is 13.5. The van der Waals surface area contributed by atoms with Crippen LogP contribution in [0.25, 0.3) is 0 Å². The van der Waals surface area contributed by atoms with E-state index in [-0.39, 0.29) is 11.9 Å². The first-order valence-electron chi connectivity index (χ1n) is 12.8. The molecule has 1 atom stereocenters. The van der Waals surface area contributed by atoms with Gasteiger partial charge >= 0.3 is 6.03 Å². The summed E-state index contributed by atoms with van der Waals surface area (Å²) in [7, 11) is 0. The molecule has 2 aliphatic rings. The number of hydrogen-bond donors (Lipinski definition) is 2. The maximum atomic E-state index is 13.5. The number of carbonyl (C=O) groups excluding carboxylic acids is 2. The van der Waals surface area contributed by atoms with Crippen molar-refractivity contribution < 1.29 is 9.59 Å². The zero-order chi connectivity index (χ0) is 24.9. The van der Waals surface area contributed by atoms with Crippen LogP contribution in [0.1, 0.15) is 57.3 Å². The molecule has 1 saturated heterocycles. The molecule has 35 heavy (non-hydrogen) atoms. The van der Waals surface area contributed by atoms with E-state index in [1.807, 2.05) is 6.07 Å². The first-order valence-corrected chi connectivity index (χ1v) is 12.8. The Labute approximate surface area is 208 Å². The number of nitrogens with zero attached hydrogens (tertiary/aromatic N) is 4. The molecule has 0 aliphatic carbocycles. The molecule has 0 bridgehead atoms. The summed E-state index contributed by atoms with van der Waals surface area (Å²) < 4.78 is 0. The van der Waals surface area contributed by atoms with E-state index in [1.165, 1.54) is 24.2 Å². The highest BCUT2D eigenvalue weighted by molar-refractivity contribution is 6.16. The number of piperidine rings is 1. The highest BCUT2D eigenvalue weighted by Gasteiger charge is 2.31. The fraction of sp³-hybridized carbons (Fsp3) is 0.519. The normalized spacial score (nSPS) is 18.3. The molecule has 2 aromatic rings.